The van der Waals surface area contributed by atoms with Crippen molar-refractivity contribution in [1.29, 1.82) is 5.26 Å². The summed E-state index contributed by atoms with van der Waals surface area (Å²) in [5.74, 6) is -1.67. The summed E-state index contributed by atoms with van der Waals surface area (Å²) in [7, 11) is 0. The number of rotatable bonds is 5. The molecule has 25 heavy (non-hydrogen) atoms. The summed E-state index contributed by atoms with van der Waals surface area (Å²) in [4.78, 5) is 39.0. The summed E-state index contributed by atoms with van der Waals surface area (Å²) < 4.78 is 5.06. The SMILES string of the molecule is CC(=O)Nc1nc(C(=O)OC(C)C(=O)Nc2ccccc2C#N)cs1. The molecule has 1 atom stereocenters. The number of nitrogens with zero attached hydrogens (tertiary/aromatic N) is 2. The third-order valence-corrected chi connectivity index (χ3v) is 3.71. The number of nitrogens with one attached hydrogen (secondary N) is 2. The van der Waals surface area contributed by atoms with Crippen molar-refractivity contribution in [2.75, 3.05) is 10.6 Å². The van der Waals surface area contributed by atoms with Gasteiger partial charge in [-0.05, 0) is 19.1 Å². The molecule has 0 saturated heterocycles. The third kappa shape index (κ3) is 4.86. The first-order valence-electron chi connectivity index (χ1n) is 7.14. The smallest absolute Gasteiger partial charge is 0.358 e. The minimum Gasteiger partial charge on any atom is -0.448 e. The number of amides is 2. The molecule has 1 aromatic carbocycles. The summed E-state index contributed by atoms with van der Waals surface area (Å²) >= 11 is 1.07. The Morgan fingerprint density at radius 1 is 1.28 bits per heavy atom. The van der Waals surface area contributed by atoms with E-state index in [1.54, 1.807) is 24.3 Å². The van der Waals surface area contributed by atoms with Gasteiger partial charge in [0.05, 0.1) is 11.3 Å². The molecule has 0 aliphatic rings. The number of ether oxygens (including phenoxy) is 1. The van der Waals surface area contributed by atoms with E-state index in [0.29, 0.717) is 11.3 Å². The number of anilines is 2. The molecule has 0 bridgehead atoms. The third-order valence-electron chi connectivity index (χ3n) is 2.95. The standard InChI is InChI=1S/C16H14N4O4S/c1-9(14(22)19-12-6-4-3-5-11(12)7-17)24-15(23)13-8-25-16(20-13)18-10(2)21/h3-6,8-9H,1-2H3,(H,19,22)(H,18,20,21). The molecule has 1 unspecified atom stereocenters. The quantitative estimate of drug-likeness (QED) is 0.790. The normalized spacial score (nSPS) is 11.1. The van der Waals surface area contributed by atoms with Crippen LogP contribution < -0.4 is 10.6 Å². The maximum Gasteiger partial charge on any atom is 0.358 e. The van der Waals surface area contributed by atoms with Gasteiger partial charge < -0.3 is 15.4 Å². The Morgan fingerprint density at radius 2 is 2.00 bits per heavy atom. The minimum atomic E-state index is -1.09. The van der Waals surface area contributed by atoms with E-state index in [-0.39, 0.29) is 16.7 Å². The van der Waals surface area contributed by atoms with Gasteiger partial charge in [0, 0.05) is 12.3 Å². The van der Waals surface area contributed by atoms with Crippen molar-refractivity contribution >= 4 is 39.9 Å². The highest BCUT2D eigenvalue weighted by Crippen LogP contribution is 2.17. The fourth-order valence-electron chi connectivity index (χ4n) is 1.77. The second kappa shape index (κ2) is 8.03. The highest BCUT2D eigenvalue weighted by Gasteiger charge is 2.21. The molecule has 2 rings (SSSR count). The summed E-state index contributed by atoms with van der Waals surface area (Å²) in [6.07, 6.45) is -1.09. The molecule has 1 heterocycles. The summed E-state index contributed by atoms with van der Waals surface area (Å²) in [5.41, 5.74) is 0.624. The van der Waals surface area contributed by atoms with E-state index < -0.39 is 18.0 Å². The highest BCUT2D eigenvalue weighted by atomic mass is 32.1. The van der Waals surface area contributed by atoms with Gasteiger partial charge in [0.15, 0.2) is 16.9 Å². The molecule has 8 nitrogen and oxygen atoms in total. The van der Waals surface area contributed by atoms with Crippen molar-refractivity contribution in [3.63, 3.8) is 0 Å². The summed E-state index contributed by atoms with van der Waals surface area (Å²) in [6, 6.07) is 8.44. The number of esters is 1. The minimum absolute atomic E-state index is 0.00850. The molecule has 0 aliphatic heterocycles. The Balaban J connectivity index is 1.98. The number of hydrogen-bond acceptors (Lipinski definition) is 7. The Morgan fingerprint density at radius 3 is 2.68 bits per heavy atom. The largest absolute Gasteiger partial charge is 0.448 e. The van der Waals surface area contributed by atoms with E-state index >= 15 is 0 Å². The summed E-state index contributed by atoms with van der Waals surface area (Å²) in [5, 5.41) is 15.7. The Hall–Kier alpha value is -3.25. The van der Waals surface area contributed by atoms with Crippen LogP contribution in [0.2, 0.25) is 0 Å². The highest BCUT2D eigenvalue weighted by molar-refractivity contribution is 7.14. The maximum atomic E-state index is 12.1. The molecule has 2 aromatic rings. The molecule has 0 aliphatic carbocycles. The van der Waals surface area contributed by atoms with Gasteiger partial charge in [-0.2, -0.15) is 5.26 Å². The van der Waals surface area contributed by atoms with E-state index in [1.165, 1.54) is 19.2 Å². The zero-order chi connectivity index (χ0) is 18.4. The van der Waals surface area contributed by atoms with Crippen LogP contribution in [0, 0.1) is 11.3 Å². The average Bonchev–Trinajstić information content (AvgIpc) is 3.03. The topological polar surface area (TPSA) is 121 Å². The number of nitriles is 1. The van der Waals surface area contributed by atoms with E-state index in [0.717, 1.165) is 11.3 Å². The van der Waals surface area contributed by atoms with Gasteiger partial charge in [0.25, 0.3) is 5.91 Å². The van der Waals surface area contributed by atoms with Crippen molar-refractivity contribution in [3.05, 3.63) is 40.9 Å². The molecule has 0 saturated carbocycles. The lowest BCUT2D eigenvalue weighted by molar-refractivity contribution is -0.123. The molecule has 2 amide bonds. The monoisotopic (exact) mass is 358 g/mol. The van der Waals surface area contributed by atoms with Crippen molar-refractivity contribution < 1.29 is 19.1 Å². The van der Waals surface area contributed by atoms with Gasteiger partial charge in [0.2, 0.25) is 5.91 Å². The van der Waals surface area contributed by atoms with E-state index in [1.807, 2.05) is 6.07 Å². The first-order valence-corrected chi connectivity index (χ1v) is 8.02. The lowest BCUT2D eigenvalue weighted by Crippen LogP contribution is -2.30. The van der Waals surface area contributed by atoms with Gasteiger partial charge in [-0.1, -0.05) is 12.1 Å². The first-order chi connectivity index (χ1) is 11.9. The zero-order valence-corrected chi connectivity index (χ0v) is 14.2. The molecule has 0 spiro atoms. The van der Waals surface area contributed by atoms with Crippen LogP contribution in [-0.2, 0) is 14.3 Å². The lowest BCUT2D eigenvalue weighted by Gasteiger charge is -2.13. The van der Waals surface area contributed by atoms with Crippen molar-refractivity contribution in [3.8, 4) is 6.07 Å². The molecule has 0 radical (unpaired) electrons. The number of aromatic nitrogens is 1. The number of carbonyl (C=O) groups excluding carboxylic acids is 3. The molecular weight excluding hydrogens is 344 g/mol. The zero-order valence-electron chi connectivity index (χ0n) is 13.4. The van der Waals surface area contributed by atoms with Gasteiger partial charge >= 0.3 is 5.97 Å². The van der Waals surface area contributed by atoms with Gasteiger partial charge in [0.1, 0.15) is 6.07 Å². The van der Waals surface area contributed by atoms with Crippen molar-refractivity contribution in [2.45, 2.75) is 20.0 Å². The Kier molecular flexibility index (Phi) is 5.81. The maximum absolute atomic E-state index is 12.1. The fourth-order valence-corrected chi connectivity index (χ4v) is 2.50. The molecule has 2 N–H and O–H groups in total. The van der Waals surface area contributed by atoms with Crippen molar-refractivity contribution in [1.82, 2.24) is 4.98 Å². The predicted molar refractivity (Wildman–Crippen MR) is 91.1 cm³/mol. The summed E-state index contributed by atoms with van der Waals surface area (Å²) in [6.45, 7) is 2.73. The molecule has 1 aromatic heterocycles. The van der Waals surface area contributed by atoms with Crippen LogP contribution in [0.15, 0.2) is 29.6 Å². The number of benzene rings is 1. The molecule has 128 valence electrons. The Bertz CT molecular complexity index is 856. The average molecular weight is 358 g/mol. The van der Waals surface area contributed by atoms with Crippen LogP contribution in [0.1, 0.15) is 29.9 Å². The molecular formula is C16H14N4O4S. The fraction of sp³-hybridized carbons (Fsp3) is 0.188. The second-order valence-electron chi connectivity index (χ2n) is 4.91. The van der Waals surface area contributed by atoms with Gasteiger partial charge in [-0.25, -0.2) is 9.78 Å². The van der Waals surface area contributed by atoms with E-state index in [4.69, 9.17) is 10.00 Å². The van der Waals surface area contributed by atoms with Crippen LogP contribution in [0.3, 0.4) is 0 Å². The van der Waals surface area contributed by atoms with Crippen molar-refractivity contribution in [2.24, 2.45) is 0 Å². The first kappa shape index (κ1) is 18.1. The second-order valence-corrected chi connectivity index (χ2v) is 5.77. The van der Waals surface area contributed by atoms with Crippen LogP contribution >= 0.6 is 11.3 Å². The molecule has 9 heteroatoms. The van der Waals surface area contributed by atoms with Crippen LogP contribution in [0.25, 0.3) is 0 Å². The van der Waals surface area contributed by atoms with Crippen LogP contribution in [0.5, 0.6) is 0 Å². The van der Waals surface area contributed by atoms with E-state index in [9.17, 15) is 14.4 Å². The molecule has 0 fully saturated rings. The number of carbonyl (C=O) groups is 3. The number of para-hydroxylation sites is 1. The lowest BCUT2D eigenvalue weighted by atomic mass is 10.2. The van der Waals surface area contributed by atoms with Gasteiger partial charge in [-0.3, -0.25) is 9.59 Å². The number of thiazole rings is 1. The van der Waals surface area contributed by atoms with Crippen LogP contribution in [-0.4, -0.2) is 28.9 Å². The van der Waals surface area contributed by atoms with Crippen LogP contribution in [0.4, 0.5) is 10.8 Å². The van der Waals surface area contributed by atoms with Gasteiger partial charge in [-0.15, -0.1) is 11.3 Å². The van der Waals surface area contributed by atoms with E-state index in [2.05, 4.69) is 15.6 Å². The predicted octanol–water partition coefficient (Wildman–Crippen LogP) is 2.16. The number of hydrogen-bond donors (Lipinski definition) is 2. The Labute approximate surface area is 147 Å².